The zero-order valence-corrected chi connectivity index (χ0v) is 11.8. The van der Waals surface area contributed by atoms with Crippen LogP contribution >= 0.6 is 0 Å². The molecule has 2 N–H and O–H groups in total. The van der Waals surface area contributed by atoms with Crippen molar-refractivity contribution in [3.05, 3.63) is 29.8 Å². The number of rotatable bonds is 4. The lowest BCUT2D eigenvalue weighted by atomic mass is 10.0. The van der Waals surface area contributed by atoms with E-state index in [9.17, 15) is 9.90 Å². The van der Waals surface area contributed by atoms with Crippen LogP contribution in [-0.4, -0.2) is 41.8 Å². The summed E-state index contributed by atoms with van der Waals surface area (Å²) >= 11 is 0. The predicted molar refractivity (Wildman–Crippen MR) is 76.6 cm³/mol. The van der Waals surface area contributed by atoms with Crippen molar-refractivity contribution in [2.75, 3.05) is 19.7 Å². The summed E-state index contributed by atoms with van der Waals surface area (Å²) in [4.78, 5) is 13.3. The minimum atomic E-state index is -0.204. The van der Waals surface area contributed by atoms with Crippen molar-refractivity contribution in [3.8, 4) is 5.75 Å². The lowest BCUT2D eigenvalue weighted by Crippen LogP contribution is -2.44. The molecule has 5 heteroatoms. The molecule has 0 radical (unpaired) electrons. The molecule has 0 bridgehead atoms. The van der Waals surface area contributed by atoms with Crippen LogP contribution in [0.3, 0.4) is 0 Å². The number of nitrogens with one attached hydrogen (secondary N) is 1. The third-order valence-corrected chi connectivity index (χ3v) is 3.55. The van der Waals surface area contributed by atoms with Gasteiger partial charge in [-0.2, -0.15) is 0 Å². The Morgan fingerprint density at radius 2 is 2.00 bits per heavy atom. The first kappa shape index (κ1) is 14.7. The first-order valence-corrected chi connectivity index (χ1v) is 7.12. The number of phenols is 1. The number of likely N-dealkylation sites (tertiary alicyclic amines) is 1. The molecule has 0 spiro atoms. The molecule has 1 aliphatic heterocycles. The van der Waals surface area contributed by atoms with Crippen LogP contribution in [0.25, 0.3) is 0 Å². The molecule has 0 unspecified atom stereocenters. The number of carbonyl (C=O) groups is 1. The molecule has 0 aliphatic carbocycles. The van der Waals surface area contributed by atoms with E-state index in [1.807, 2.05) is 19.1 Å². The van der Waals surface area contributed by atoms with Gasteiger partial charge in [-0.15, -0.1) is 0 Å². The molecule has 0 atom stereocenters. The van der Waals surface area contributed by atoms with E-state index in [4.69, 9.17) is 4.74 Å². The molecule has 1 aliphatic rings. The number of carbonyl (C=O) groups excluding carboxylic acids is 1. The van der Waals surface area contributed by atoms with Gasteiger partial charge in [0.05, 0.1) is 6.61 Å². The molecule has 1 aromatic rings. The van der Waals surface area contributed by atoms with E-state index in [1.54, 1.807) is 17.0 Å². The number of hydrogen-bond donors (Lipinski definition) is 2. The second-order valence-corrected chi connectivity index (χ2v) is 5.01. The number of nitrogens with zero attached hydrogens (tertiary/aromatic N) is 1. The summed E-state index contributed by atoms with van der Waals surface area (Å²) in [5, 5.41) is 12.7. The van der Waals surface area contributed by atoms with Crippen LogP contribution in [0.4, 0.5) is 4.79 Å². The van der Waals surface area contributed by atoms with Gasteiger partial charge < -0.3 is 20.1 Å². The Morgan fingerprint density at radius 1 is 1.35 bits per heavy atom. The van der Waals surface area contributed by atoms with E-state index >= 15 is 0 Å². The van der Waals surface area contributed by atoms with Gasteiger partial charge in [-0.1, -0.05) is 12.1 Å². The highest BCUT2D eigenvalue weighted by Crippen LogP contribution is 2.13. The molecular formula is C15H22N2O3. The van der Waals surface area contributed by atoms with Gasteiger partial charge in [0.1, 0.15) is 5.75 Å². The van der Waals surface area contributed by atoms with Gasteiger partial charge in [0, 0.05) is 25.7 Å². The van der Waals surface area contributed by atoms with Crippen LogP contribution in [0.1, 0.15) is 25.3 Å². The second kappa shape index (κ2) is 7.14. The molecule has 1 heterocycles. The van der Waals surface area contributed by atoms with Crippen LogP contribution < -0.4 is 5.32 Å². The van der Waals surface area contributed by atoms with E-state index in [-0.39, 0.29) is 11.8 Å². The lowest BCUT2D eigenvalue weighted by molar-refractivity contribution is 0.0950. The van der Waals surface area contributed by atoms with Gasteiger partial charge in [0.2, 0.25) is 0 Å². The van der Waals surface area contributed by atoms with Crippen LogP contribution in [0, 0.1) is 0 Å². The van der Waals surface area contributed by atoms with Crippen LogP contribution in [0.5, 0.6) is 5.75 Å². The first-order valence-electron chi connectivity index (χ1n) is 7.12. The van der Waals surface area contributed by atoms with Crippen LogP contribution in [-0.2, 0) is 11.3 Å². The van der Waals surface area contributed by atoms with E-state index < -0.39 is 0 Å². The fraction of sp³-hybridized carbons (Fsp3) is 0.533. The fourth-order valence-corrected chi connectivity index (χ4v) is 2.36. The largest absolute Gasteiger partial charge is 0.508 e. The molecule has 1 saturated heterocycles. The number of phenolic OH excluding ortho intramolecular Hbond substituents is 1. The molecule has 2 rings (SSSR count). The van der Waals surface area contributed by atoms with Crippen molar-refractivity contribution in [3.63, 3.8) is 0 Å². The summed E-state index contributed by atoms with van der Waals surface area (Å²) in [7, 11) is 0. The molecule has 20 heavy (non-hydrogen) atoms. The second-order valence-electron chi connectivity index (χ2n) is 5.01. The van der Waals surface area contributed by atoms with Gasteiger partial charge in [-0.3, -0.25) is 0 Å². The number of hydrogen-bond acceptors (Lipinski definition) is 4. The highest BCUT2D eigenvalue weighted by atomic mass is 16.6. The maximum absolute atomic E-state index is 11.6. The summed E-state index contributed by atoms with van der Waals surface area (Å²) < 4.78 is 5.00. The Bertz CT molecular complexity index is 425. The smallest absolute Gasteiger partial charge is 0.409 e. The molecule has 1 aromatic carbocycles. The van der Waals surface area contributed by atoms with Gasteiger partial charge in [0.25, 0.3) is 0 Å². The summed E-state index contributed by atoms with van der Waals surface area (Å²) in [5.41, 5.74) is 1.15. The Balaban J connectivity index is 1.72. The van der Waals surface area contributed by atoms with Crippen LogP contribution in [0.15, 0.2) is 24.3 Å². The molecule has 0 saturated carbocycles. The van der Waals surface area contributed by atoms with E-state index in [0.29, 0.717) is 12.6 Å². The van der Waals surface area contributed by atoms with Gasteiger partial charge in [-0.25, -0.2) is 4.79 Å². The SMILES string of the molecule is CCOC(=O)N1CCC(NCc2ccc(O)cc2)CC1. The molecule has 110 valence electrons. The monoisotopic (exact) mass is 278 g/mol. The first-order chi connectivity index (χ1) is 9.69. The minimum Gasteiger partial charge on any atom is -0.508 e. The average Bonchev–Trinajstić information content (AvgIpc) is 2.47. The lowest BCUT2D eigenvalue weighted by Gasteiger charge is -2.31. The summed E-state index contributed by atoms with van der Waals surface area (Å²) in [6, 6.07) is 7.64. The fourth-order valence-electron chi connectivity index (χ4n) is 2.36. The van der Waals surface area contributed by atoms with E-state index in [0.717, 1.165) is 38.0 Å². The normalized spacial score (nSPS) is 16.1. The van der Waals surface area contributed by atoms with Gasteiger partial charge >= 0.3 is 6.09 Å². The predicted octanol–water partition coefficient (Wildman–Crippen LogP) is 2.10. The molecular weight excluding hydrogens is 256 g/mol. The van der Waals surface area contributed by atoms with Crippen molar-refractivity contribution in [2.45, 2.75) is 32.4 Å². The molecule has 5 nitrogen and oxygen atoms in total. The average molecular weight is 278 g/mol. The molecule has 1 fully saturated rings. The maximum atomic E-state index is 11.6. The van der Waals surface area contributed by atoms with Crippen molar-refractivity contribution in [1.29, 1.82) is 0 Å². The standard InChI is InChI=1S/C15H22N2O3/c1-2-20-15(19)17-9-7-13(8-10-17)16-11-12-3-5-14(18)6-4-12/h3-6,13,16,18H,2,7-11H2,1H3. The zero-order chi connectivity index (χ0) is 14.4. The summed E-state index contributed by atoms with van der Waals surface area (Å²) in [6.45, 7) is 4.52. The number of amides is 1. The van der Waals surface area contributed by atoms with Gasteiger partial charge in [-0.05, 0) is 37.5 Å². The summed E-state index contributed by atoms with van der Waals surface area (Å²) in [5.74, 6) is 0.288. The van der Waals surface area contributed by atoms with E-state index in [1.165, 1.54) is 0 Å². The molecule has 0 aromatic heterocycles. The van der Waals surface area contributed by atoms with Crippen molar-refractivity contribution in [1.82, 2.24) is 10.2 Å². The van der Waals surface area contributed by atoms with Crippen molar-refractivity contribution in [2.24, 2.45) is 0 Å². The highest BCUT2D eigenvalue weighted by Gasteiger charge is 2.22. The molecule has 1 amide bonds. The Hall–Kier alpha value is -1.75. The maximum Gasteiger partial charge on any atom is 0.409 e. The highest BCUT2D eigenvalue weighted by molar-refractivity contribution is 5.67. The van der Waals surface area contributed by atoms with Crippen LogP contribution in [0.2, 0.25) is 0 Å². The Kier molecular flexibility index (Phi) is 5.24. The quantitative estimate of drug-likeness (QED) is 0.885. The number of ether oxygens (including phenoxy) is 1. The Morgan fingerprint density at radius 3 is 2.60 bits per heavy atom. The van der Waals surface area contributed by atoms with Crippen molar-refractivity contribution >= 4 is 6.09 Å². The van der Waals surface area contributed by atoms with E-state index in [2.05, 4.69) is 5.32 Å². The van der Waals surface area contributed by atoms with Crippen molar-refractivity contribution < 1.29 is 14.6 Å². The summed E-state index contributed by atoms with van der Waals surface area (Å²) in [6.07, 6.45) is 1.68. The third kappa shape index (κ3) is 4.13. The number of piperidine rings is 1. The third-order valence-electron chi connectivity index (χ3n) is 3.55. The number of benzene rings is 1. The number of aromatic hydroxyl groups is 1. The minimum absolute atomic E-state index is 0.204. The van der Waals surface area contributed by atoms with Gasteiger partial charge in [0.15, 0.2) is 0 Å². The zero-order valence-electron chi connectivity index (χ0n) is 11.8. The topological polar surface area (TPSA) is 61.8 Å². The Labute approximate surface area is 119 Å².